The van der Waals surface area contributed by atoms with E-state index in [-0.39, 0.29) is 12.0 Å². The predicted octanol–water partition coefficient (Wildman–Crippen LogP) is -3.20. The fourth-order valence-corrected chi connectivity index (χ4v) is 3.66. The molecule has 0 radical (unpaired) electrons. The van der Waals surface area contributed by atoms with Gasteiger partial charge in [0, 0.05) is 0 Å². The summed E-state index contributed by atoms with van der Waals surface area (Å²) in [6, 6.07) is 0. The lowest BCUT2D eigenvalue weighted by atomic mass is 9.79. The Kier molecular flexibility index (Phi) is 5.57. The van der Waals surface area contributed by atoms with Crippen LogP contribution in [-0.2, 0) is 19.0 Å². The van der Waals surface area contributed by atoms with Gasteiger partial charge in [0.2, 0.25) is 6.29 Å². The number of carboxylic acid groups (broad SMARTS) is 1. The normalized spacial score (nSPS) is 44.1. The molecule has 8 atom stereocenters. The van der Waals surface area contributed by atoms with Crippen LogP contribution in [0.25, 0.3) is 0 Å². The highest BCUT2D eigenvalue weighted by molar-refractivity contribution is 5.89. The van der Waals surface area contributed by atoms with Crippen molar-refractivity contribution in [1.82, 2.24) is 0 Å². The molecule has 27 heavy (non-hydrogen) atoms. The number of rotatable bonds is 5. The summed E-state index contributed by atoms with van der Waals surface area (Å²) in [5, 5.41) is 68.7. The topological polar surface area (TPSA) is 186 Å². The van der Waals surface area contributed by atoms with Crippen molar-refractivity contribution in [2.75, 3.05) is 13.2 Å². The highest BCUT2D eigenvalue weighted by Gasteiger charge is 2.56. The van der Waals surface area contributed by atoms with Crippen molar-refractivity contribution in [3.8, 4) is 0 Å². The number of hydrogen-bond donors (Lipinski definition) is 7. The molecular weight excluding hydrogens is 368 g/mol. The molecule has 0 aromatic heterocycles. The fourth-order valence-electron chi connectivity index (χ4n) is 3.66. The Bertz CT molecular complexity index is 644. The van der Waals surface area contributed by atoms with E-state index in [1.54, 1.807) is 0 Å². The second kappa shape index (κ2) is 7.45. The Labute approximate surface area is 153 Å². The first-order chi connectivity index (χ1) is 12.7. The van der Waals surface area contributed by atoms with Gasteiger partial charge in [-0.3, -0.25) is 0 Å². The monoisotopic (exact) mass is 390 g/mol. The van der Waals surface area contributed by atoms with E-state index in [1.165, 1.54) is 6.08 Å². The zero-order chi connectivity index (χ0) is 19.9. The van der Waals surface area contributed by atoms with Crippen LogP contribution in [-0.4, -0.2) is 97.5 Å². The smallest absolute Gasteiger partial charge is 0.337 e. The quantitative estimate of drug-likeness (QED) is 0.234. The van der Waals surface area contributed by atoms with E-state index >= 15 is 0 Å². The number of ether oxygens (including phenoxy) is 3. The molecule has 3 rings (SSSR count). The van der Waals surface area contributed by atoms with Gasteiger partial charge in [0.25, 0.3) is 0 Å². The van der Waals surface area contributed by atoms with E-state index in [2.05, 4.69) is 0 Å². The molecule has 0 aromatic carbocycles. The molecule has 2 heterocycles. The van der Waals surface area contributed by atoms with Crippen LogP contribution < -0.4 is 0 Å². The van der Waals surface area contributed by atoms with Gasteiger partial charge < -0.3 is 50.0 Å². The van der Waals surface area contributed by atoms with Gasteiger partial charge in [0.05, 0.1) is 25.4 Å². The molecule has 152 valence electrons. The van der Waals surface area contributed by atoms with Crippen molar-refractivity contribution in [3.05, 3.63) is 23.5 Å². The lowest BCUT2D eigenvalue weighted by Crippen LogP contribution is -2.61. The maximum Gasteiger partial charge on any atom is 0.337 e. The van der Waals surface area contributed by atoms with Gasteiger partial charge >= 0.3 is 5.97 Å². The van der Waals surface area contributed by atoms with E-state index in [0.29, 0.717) is 0 Å². The second-order valence-corrected chi connectivity index (χ2v) is 6.72. The number of aliphatic hydroxyl groups is 6. The van der Waals surface area contributed by atoms with Crippen LogP contribution in [0.2, 0.25) is 0 Å². The third-order valence-electron chi connectivity index (χ3n) is 5.18. The molecule has 11 heteroatoms. The number of aliphatic hydroxyl groups excluding tert-OH is 5. The maximum atomic E-state index is 11.4. The van der Waals surface area contributed by atoms with Crippen molar-refractivity contribution in [2.24, 2.45) is 5.92 Å². The Morgan fingerprint density at radius 2 is 1.89 bits per heavy atom. The summed E-state index contributed by atoms with van der Waals surface area (Å²) < 4.78 is 16.0. The Balaban J connectivity index is 1.86. The molecule has 2 aliphatic heterocycles. The molecule has 0 amide bonds. The summed E-state index contributed by atoms with van der Waals surface area (Å²) in [6.45, 7) is -1.15. The average Bonchev–Trinajstić information content (AvgIpc) is 2.99. The van der Waals surface area contributed by atoms with Crippen LogP contribution in [0.5, 0.6) is 0 Å². The number of fused-ring (bicyclic) bond motifs is 1. The first kappa shape index (κ1) is 20.2. The Hall–Kier alpha value is -1.57. The third-order valence-corrected chi connectivity index (χ3v) is 5.18. The maximum absolute atomic E-state index is 11.4. The van der Waals surface area contributed by atoms with Gasteiger partial charge in [-0.15, -0.1) is 0 Å². The molecular formula is C16H22O11. The van der Waals surface area contributed by atoms with Crippen molar-refractivity contribution in [1.29, 1.82) is 0 Å². The lowest BCUT2D eigenvalue weighted by molar-refractivity contribution is -0.343. The van der Waals surface area contributed by atoms with E-state index in [0.717, 1.165) is 6.26 Å². The number of carboxylic acids is 1. The van der Waals surface area contributed by atoms with Crippen molar-refractivity contribution in [3.63, 3.8) is 0 Å². The second-order valence-electron chi connectivity index (χ2n) is 6.72. The van der Waals surface area contributed by atoms with E-state index < -0.39 is 73.3 Å². The SMILES string of the molecule is O=C(O)C1=CO[C@@H](O[C@@H]2O[C@H](CO)[C@@H](O)[C@H](O)[C@@H]2O)[C@@H]2C(CO)=CC[C@]12O. The van der Waals surface area contributed by atoms with Crippen LogP contribution in [0.15, 0.2) is 23.5 Å². The van der Waals surface area contributed by atoms with Crippen LogP contribution >= 0.6 is 0 Å². The van der Waals surface area contributed by atoms with Gasteiger partial charge in [0.15, 0.2) is 6.29 Å². The number of hydrogen-bond acceptors (Lipinski definition) is 10. The Morgan fingerprint density at radius 1 is 1.19 bits per heavy atom. The molecule has 11 nitrogen and oxygen atoms in total. The zero-order valence-electron chi connectivity index (χ0n) is 14.1. The van der Waals surface area contributed by atoms with Crippen molar-refractivity contribution >= 4 is 5.97 Å². The van der Waals surface area contributed by atoms with Crippen molar-refractivity contribution < 1.29 is 54.8 Å². The van der Waals surface area contributed by atoms with Crippen LogP contribution in [0, 0.1) is 5.92 Å². The molecule has 0 aromatic rings. The minimum Gasteiger partial charge on any atom is -0.478 e. The summed E-state index contributed by atoms with van der Waals surface area (Å²) in [5.41, 5.74) is -2.04. The van der Waals surface area contributed by atoms with E-state index in [4.69, 9.17) is 14.2 Å². The highest BCUT2D eigenvalue weighted by atomic mass is 16.8. The largest absolute Gasteiger partial charge is 0.478 e. The highest BCUT2D eigenvalue weighted by Crippen LogP contribution is 2.47. The lowest BCUT2D eigenvalue weighted by Gasteiger charge is -2.44. The molecule has 0 spiro atoms. The molecule has 1 saturated heterocycles. The first-order valence-electron chi connectivity index (χ1n) is 8.32. The summed E-state index contributed by atoms with van der Waals surface area (Å²) in [5.74, 6) is -2.51. The average molecular weight is 390 g/mol. The third kappa shape index (κ3) is 3.26. The van der Waals surface area contributed by atoms with E-state index in [1.807, 2.05) is 0 Å². The summed E-state index contributed by atoms with van der Waals surface area (Å²) in [6.07, 6.45) is -6.87. The molecule has 1 aliphatic carbocycles. The minimum absolute atomic E-state index is 0.0937. The molecule has 7 N–H and O–H groups in total. The molecule has 0 saturated carbocycles. The first-order valence-corrected chi connectivity index (χ1v) is 8.32. The van der Waals surface area contributed by atoms with E-state index in [9.17, 15) is 40.5 Å². The number of carbonyl (C=O) groups is 1. The summed E-state index contributed by atoms with van der Waals surface area (Å²) in [4.78, 5) is 11.4. The fraction of sp³-hybridized carbons (Fsp3) is 0.688. The molecule has 0 unspecified atom stereocenters. The summed E-state index contributed by atoms with van der Waals surface area (Å²) >= 11 is 0. The predicted molar refractivity (Wildman–Crippen MR) is 83.7 cm³/mol. The van der Waals surface area contributed by atoms with Crippen LogP contribution in [0.4, 0.5) is 0 Å². The molecule has 0 bridgehead atoms. The van der Waals surface area contributed by atoms with Gasteiger partial charge in [0.1, 0.15) is 35.6 Å². The van der Waals surface area contributed by atoms with Gasteiger partial charge in [-0.25, -0.2) is 4.79 Å². The van der Waals surface area contributed by atoms with Gasteiger partial charge in [-0.1, -0.05) is 6.08 Å². The molecule has 3 aliphatic rings. The standard InChI is InChI=1S/C16H22O11/c17-3-6-1-2-16(24)7(13(22)23)5-25-14(9(6)16)27-15-12(21)11(20)10(19)8(4-18)26-15/h1,5,8-12,14-15,17-21,24H,2-4H2,(H,22,23)/t8-,9+,10-,11+,12+,14+,15+,16+/m1/s1. The van der Waals surface area contributed by atoms with Crippen LogP contribution in [0.1, 0.15) is 6.42 Å². The minimum atomic E-state index is -1.90. The molecule has 1 fully saturated rings. The number of aliphatic carboxylic acids is 1. The van der Waals surface area contributed by atoms with Gasteiger partial charge in [-0.2, -0.15) is 0 Å². The summed E-state index contributed by atoms with van der Waals surface area (Å²) in [7, 11) is 0. The van der Waals surface area contributed by atoms with Crippen LogP contribution in [0.3, 0.4) is 0 Å². The van der Waals surface area contributed by atoms with Crippen molar-refractivity contribution in [2.45, 2.75) is 49.0 Å². The Morgan fingerprint density at radius 3 is 2.48 bits per heavy atom. The van der Waals surface area contributed by atoms with Gasteiger partial charge in [-0.05, 0) is 12.0 Å². The zero-order valence-corrected chi connectivity index (χ0v) is 14.1.